The minimum atomic E-state index is -0.337. The number of aliphatic hydroxyl groups excluding tert-OH is 1. The van der Waals surface area contributed by atoms with Crippen molar-refractivity contribution in [2.45, 2.75) is 31.8 Å². The van der Waals surface area contributed by atoms with Crippen molar-refractivity contribution in [1.82, 2.24) is 0 Å². The Morgan fingerprint density at radius 1 is 1.45 bits per heavy atom. The lowest BCUT2D eigenvalue weighted by Gasteiger charge is -2.35. The normalized spacial score (nSPS) is 39.0. The molecule has 0 saturated heterocycles. The van der Waals surface area contributed by atoms with Gasteiger partial charge in [0.05, 0.1) is 12.8 Å². The molecule has 1 saturated carbocycles. The first-order chi connectivity index (χ1) is 5.22. The summed E-state index contributed by atoms with van der Waals surface area (Å²) < 4.78 is 12.5. The lowest BCUT2D eigenvalue weighted by molar-refractivity contribution is 0.0520. The van der Waals surface area contributed by atoms with Crippen molar-refractivity contribution < 1.29 is 9.50 Å². The fourth-order valence-corrected chi connectivity index (χ4v) is 1.61. The molecule has 0 radical (unpaired) electrons. The molecule has 3 heteroatoms. The van der Waals surface area contributed by atoms with E-state index < -0.39 is 0 Å². The number of alkyl halides is 1. The molecule has 1 fully saturated rings. The Morgan fingerprint density at radius 2 is 2.00 bits per heavy atom. The molecule has 0 aromatic heterocycles. The van der Waals surface area contributed by atoms with E-state index >= 15 is 0 Å². The predicted octanol–water partition coefficient (Wildman–Crippen LogP) is 0.836. The summed E-state index contributed by atoms with van der Waals surface area (Å²) in [6.07, 6.45) is 2.67. The van der Waals surface area contributed by atoms with Crippen LogP contribution in [0.25, 0.3) is 0 Å². The summed E-state index contributed by atoms with van der Waals surface area (Å²) in [5.74, 6) is 0. The Bertz CT molecular complexity index is 115. The summed E-state index contributed by atoms with van der Waals surface area (Å²) in [7, 11) is 0. The van der Waals surface area contributed by atoms with E-state index in [0.717, 1.165) is 12.8 Å². The molecule has 0 heterocycles. The SMILES string of the molecule is NCC1(CF)CCC(O)CC1. The average Bonchev–Trinajstić information content (AvgIpc) is 2.07. The second kappa shape index (κ2) is 3.50. The minimum Gasteiger partial charge on any atom is -0.393 e. The van der Waals surface area contributed by atoms with Crippen LogP contribution in [0.4, 0.5) is 4.39 Å². The average molecular weight is 161 g/mol. The monoisotopic (exact) mass is 161 g/mol. The smallest absolute Gasteiger partial charge is 0.0962 e. The third kappa shape index (κ3) is 1.91. The van der Waals surface area contributed by atoms with Crippen LogP contribution in [-0.2, 0) is 0 Å². The highest BCUT2D eigenvalue weighted by Gasteiger charge is 2.33. The van der Waals surface area contributed by atoms with Gasteiger partial charge in [-0.15, -0.1) is 0 Å². The summed E-state index contributed by atoms with van der Waals surface area (Å²) in [5.41, 5.74) is 5.17. The highest BCUT2D eigenvalue weighted by Crippen LogP contribution is 2.35. The van der Waals surface area contributed by atoms with Gasteiger partial charge in [0, 0.05) is 12.0 Å². The third-order valence-corrected chi connectivity index (χ3v) is 2.73. The molecule has 0 unspecified atom stereocenters. The van der Waals surface area contributed by atoms with Crippen molar-refractivity contribution in [3.63, 3.8) is 0 Å². The fraction of sp³-hybridized carbons (Fsp3) is 1.00. The topological polar surface area (TPSA) is 46.2 Å². The van der Waals surface area contributed by atoms with Crippen LogP contribution in [0, 0.1) is 5.41 Å². The number of aliphatic hydroxyl groups is 1. The zero-order valence-corrected chi connectivity index (χ0v) is 6.72. The third-order valence-electron chi connectivity index (χ3n) is 2.73. The Morgan fingerprint density at radius 3 is 2.36 bits per heavy atom. The molecule has 0 aromatic carbocycles. The van der Waals surface area contributed by atoms with Crippen molar-refractivity contribution in [2.24, 2.45) is 11.1 Å². The van der Waals surface area contributed by atoms with E-state index in [1.807, 2.05) is 0 Å². The molecule has 1 aliphatic carbocycles. The molecular formula is C8H16FNO. The second-order valence-corrected chi connectivity index (χ2v) is 3.57. The van der Waals surface area contributed by atoms with Crippen molar-refractivity contribution in [3.05, 3.63) is 0 Å². The Balaban J connectivity index is 2.45. The van der Waals surface area contributed by atoms with E-state index in [9.17, 15) is 4.39 Å². The van der Waals surface area contributed by atoms with E-state index in [0.29, 0.717) is 19.4 Å². The maximum absolute atomic E-state index is 12.5. The minimum absolute atomic E-state index is 0.221. The molecule has 3 N–H and O–H groups in total. The molecular weight excluding hydrogens is 145 g/mol. The Kier molecular flexibility index (Phi) is 2.84. The van der Waals surface area contributed by atoms with Gasteiger partial charge >= 0.3 is 0 Å². The molecule has 0 atom stereocenters. The van der Waals surface area contributed by atoms with Gasteiger partial charge in [-0.2, -0.15) is 0 Å². The molecule has 0 aliphatic heterocycles. The molecule has 66 valence electrons. The Labute approximate surface area is 66.6 Å². The lowest BCUT2D eigenvalue weighted by atomic mass is 9.74. The van der Waals surface area contributed by atoms with E-state index in [1.54, 1.807) is 0 Å². The molecule has 1 rings (SSSR count). The van der Waals surface area contributed by atoms with Crippen molar-refractivity contribution >= 4 is 0 Å². The van der Waals surface area contributed by atoms with Crippen molar-refractivity contribution in [3.8, 4) is 0 Å². The van der Waals surface area contributed by atoms with Gasteiger partial charge in [0.15, 0.2) is 0 Å². The number of halogens is 1. The maximum atomic E-state index is 12.5. The highest BCUT2D eigenvalue weighted by atomic mass is 19.1. The molecule has 11 heavy (non-hydrogen) atoms. The standard InChI is InChI=1S/C8H16FNO/c9-5-8(6-10)3-1-7(11)2-4-8/h7,11H,1-6,10H2. The summed E-state index contributed by atoms with van der Waals surface area (Å²) in [4.78, 5) is 0. The van der Waals surface area contributed by atoms with Crippen LogP contribution in [0.5, 0.6) is 0 Å². The zero-order chi connectivity index (χ0) is 8.32. The van der Waals surface area contributed by atoms with Crippen LogP contribution in [0.3, 0.4) is 0 Å². The Hall–Kier alpha value is -0.150. The number of nitrogens with two attached hydrogens (primary N) is 1. The van der Waals surface area contributed by atoms with Crippen molar-refractivity contribution in [2.75, 3.05) is 13.2 Å². The summed E-state index contributed by atoms with van der Waals surface area (Å²) in [6.45, 7) is 0.0758. The number of hydrogen-bond donors (Lipinski definition) is 2. The van der Waals surface area contributed by atoms with Gasteiger partial charge in [0.1, 0.15) is 0 Å². The largest absolute Gasteiger partial charge is 0.393 e. The lowest BCUT2D eigenvalue weighted by Crippen LogP contribution is -2.37. The summed E-state index contributed by atoms with van der Waals surface area (Å²) in [5, 5.41) is 9.17. The van der Waals surface area contributed by atoms with Crippen LogP contribution >= 0.6 is 0 Å². The van der Waals surface area contributed by atoms with Gasteiger partial charge < -0.3 is 10.8 Å². The van der Waals surface area contributed by atoms with E-state index in [1.165, 1.54) is 0 Å². The molecule has 1 aliphatic rings. The number of rotatable bonds is 2. The first kappa shape index (κ1) is 8.94. The predicted molar refractivity (Wildman–Crippen MR) is 41.9 cm³/mol. The van der Waals surface area contributed by atoms with E-state index in [4.69, 9.17) is 10.8 Å². The molecule has 0 aromatic rings. The fourth-order valence-electron chi connectivity index (χ4n) is 1.61. The molecule has 2 nitrogen and oxygen atoms in total. The van der Waals surface area contributed by atoms with Gasteiger partial charge in [-0.25, -0.2) is 0 Å². The molecule has 0 spiro atoms. The molecule has 0 bridgehead atoms. The second-order valence-electron chi connectivity index (χ2n) is 3.57. The first-order valence-corrected chi connectivity index (χ1v) is 4.16. The quantitative estimate of drug-likeness (QED) is 0.630. The summed E-state index contributed by atoms with van der Waals surface area (Å²) in [6, 6.07) is 0. The molecule has 0 amide bonds. The van der Waals surface area contributed by atoms with Crippen LogP contribution < -0.4 is 5.73 Å². The van der Waals surface area contributed by atoms with Crippen LogP contribution in [0.1, 0.15) is 25.7 Å². The zero-order valence-electron chi connectivity index (χ0n) is 6.72. The van der Waals surface area contributed by atoms with Gasteiger partial charge in [-0.1, -0.05) is 0 Å². The van der Waals surface area contributed by atoms with Crippen LogP contribution in [0.2, 0.25) is 0 Å². The first-order valence-electron chi connectivity index (χ1n) is 4.16. The maximum Gasteiger partial charge on any atom is 0.0962 e. The van der Waals surface area contributed by atoms with Crippen LogP contribution in [0.15, 0.2) is 0 Å². The van der Waals surface area contributed by atoms with Gasteiger partial charge in [-0.3, -0.25) is 4.39 Å². The highest BCUT2D eigenvalue weighted by molar-refractivity contribution is 4.85. The van der Waals surface area contributed by atoms with Crippen molar-refractivity contribution in [1.29, 1.82) is 0 Å². The van der Waals surface area contributed by atoms with Gasteiger partial charge in [0.2, 0.25) is 0 Å². The van der Waals surface area contributed by atoms with Gasteiger partial charge in [-0.05, 0) is 25.7 Å². The number of hydrogen-bond acceptors (Lipinski definition) is 2. The van der Waals surface area contributed by atoms with E-state index in [-0.39, 0.29) is 18.2 Å². The van der Waals surface area contributed by atoms with Crippen LogP contribution in [-0.4, -0.2) is 24.4 Å². The van der Waals surface area contributed by atoms with E-state index in [2.05, 4.69) is 0 Å². The summed E-state index contributed by atoms with van der Waals surface area (Å²) >= 11 is 0. The van der Waals surface area contributed by atoms with Gasteiger partial charge in [0.25, 0.3) is 0 Å².